The Morgan fingerprint density at radius 1 is 1.15 bits per heavy atom. The van der Waals surface area contributed by atoms with Gasteiger partial charge in [-0.2, -0.15) is 0 Å². The summed E-state index contributed by atoms with van der Waals surface area (Å²) >= 11 is 0. The lowest BCUT2D eigenvalue weighted by atomic mass is 9.84. The van der Waals surface area contributed by atoms with Crippen molar-refractivity contribution in [3.05, 3.63) is 24.0 Å². The lowest BCUT2D eigenvalue weighted by Gasteiger charge is -2.41. The van der Waals surface area contributed by atoms with Gasteiger partial charge in [0.1, 0.15) is 11.4 Å². The molecule has 3 rings (SSSR count). The number of carbonyl (C=O) groups excluding carboxylic acids is 2. The molecule has 2 aliphatic rings. The minimum atomic E-state index is -3.49. The van der Waals surface area contributed by atoms with Crippen LogP contribution in [0.15, 0.2) is 23.1 Å². The predicted molar refractivity (Wildman–Crippen MR) is 121 cm³/mol. The van der Waals surface area contributed by atoms with Gasteiger partial charge in [0.15, 0.2) is 21.4 Å². The molecule has 0 bridgehead atoms. The first-order valence-electron chi connectivity index (χ1n) is 11.2. The fourth-order valence-electron chi connectivity index (χ4n) is 4.19. The summed E-state index contributed by atoms with van der Waals surface area (Å²) in [6.45, 7) is 7.98. The molecule has 1 aliphatic heterocycles. The van der Waals surface area contributed by atoms with Crippen LogP contribution in [-0.2, 0) is 19.4 Å². The topological polar surface area (TPSA) is 93.2 Å². The zero-order valence-electron chi connectivity index (χ0n) is 19.7. The van der Waals surface area contributed by atoms with E-state index in [1.807, 2.05) is 20.8 Å². The van der Waals surface area contributed by atoms with E-state index in [9.17, 15) is 22.4 Å². The van der Waals surface area contributed by atoms with Crippen LogP contribution in [0.4, 0.5) is 9.18 Å². The number of benzene rings is 1. The second-order valence-electron chi connectivity index (χ2n) is 9.81. The number of hydrogen-bond donors (Lipinski definition) is 0. The first-order valence-corrected chi connectivity index (χ1v) is 13.1. The normalized spacial score (nSPS) is 22.8. The second kappa shape index (κ2) is 9.97. The number of sulfone groups is 1. The van der Waals surface area contributed by atoms with E-state index < -0.39 is 21.3 Å². The molecule has 1 amide bonds. The predicted octanol–water partition coefficient (Wildman–Crippen LogP) is 2.90. The first kappa shape index (κ1) is 25.4. The Kier molecular flexibility index (Phi) is 7.68. The molecule has 0 unspecified atom stereocenters. The van der Waals surface area contributed by atoms with Crippen molar-refractivity contribution in [3.8, 4) is 5.75 Å². The molecule has 2 fully saturated rings. The Bertz CT molecular complexity index is 983. The van der Waals surface area contributed by atoms with Crippen molar-refractivity contribution in [2.75, 3.05) is 39.0 Å². The Balaban J connectivity index is 1.47. The van der Waals surface area contributed by atoms with Gasteiger partial charge in [-0.15, -0.1) is 0 Å². The van der Waals surface area contributed by atoms with Crippen molar-refractivity contribution < 1.29 is 31.9 Å². The van der Waals surface area contributed by atoms with E-state index in [1.165, 1.54) is 12.1 Å². The summed E-state index contributed by atoms with van der Waals surface area (Å²) in [5.41, 5.74) is -0.538. The number of Topliss-reactive ketones (excluding diaryl/α,β-unsaturated/α-hetero) is 1. The average molecular weight is 485 g/mol. The number of ketones is 1. The van der Waals surface area contributed by atoms with Gasteiger partial charge in [-0.1, -0.05) is 0 Å². The summed E-state index contributed by atoms with van der Waals surface area (Å²) in [5.74, 6) is -0.643. The number of halogens is 1. The molecule has 1 aromatic rings. The van der Waals surface area contributed by atoms with Gasteiger partial charge in [0, 0.05) is 38.9 Å². The molecular formula is C23H33FN2O6S. The molecule has 2 atom stereocenters. The molecule has 0 aromatic heterocycles. The van der Waals surface area contributed by atoms with Gasteiger partial charge in [0.2, 0.25) is 0 Å². The molecule has 1 saturated heterocycles. The third kappa shape index (κ3) is 6.89. The molecule has 1 aliphatic carbocycles. The van der Waals surface area contributed by atoms with Crippen LogP contribution >= 0.6 is 0 Å². The maximum absolute atomic E-state index is 14.2. The SMILES string of the molecule is CC(C)(C)OC(=O)N1CCN([C@@H]2CC[C@@H](COc3ccc(S(C)(=O)=O)cc3F)CC2=O)CC1. The van der Waals surface area contributed by atoms with E-state index >= 15 is 0 Å². The lowest BCUT2D eigenvalue weighted by Crippen LogP contribution is -2.55. The van der Waals surface area contributed by atoms with Crippen LogP contribution < -0.4 is 4.74 Å². The van der Waals surface area contributed by atoms with Crippen LogP contribution in [0.25, 0.3) is 0 Å². The minimum Gasteiger partial charge on any atom is -0.490 e. The zero-order valence-corrected chi connectivity index (χ0v) is 20.5. The van der Waals surface area contributed by atoms with Crippen LogP contribution in [0.1, 0.15) is 40.0 Å². The number of ether oxygens (including phenoxy) is 2. The molecule has 33 heavy (non-hydrogen) atoms. The Morgan fingerprint density at radius 2 is 1.82 bits per heavy atom. The van der Waals surface area contributed by atoms with Crippen LogP contribution in [0.5, 0.6) is 5.75 Å². The highest BCUT2D eigenvalue weighted by molar-refractivity contribution is 7.90. The molecule has 10 heteroatoms. The van der Waals surface area contributed by atoms with Crippen molar-refractivity contribution in [3.63, 3.8) is 0 Å². The smallest absolute Gasteiger partial charge is 0.410 e. The minimum absolute atomic E-state index is 0.0183. The van der Waals surface area contributed by atoms with Crippen LogP contribution in [0, 0.1) is 11.7 Å². The highest BCUT2D eigenvalue weighted by atomic mass is 32.2. The number of carbonyl (C=O) groups is 2. The third-order valence-corrected chi connectivity index (χ3v) is 7.03. The first-order chi connectivity index (χ1) is 15.3. The maximum atomic E-state index is 14.2. The molecule has 1 saturated carbocycles. The van der Waals surface area contributed by atoms with Gasteiger partial charge in [-0.05, 0) is 57.7 Å². The van der Waals surface area contributed by atoms with Crippen molar-refractivity contribution in [2.24, 2.45) is 5.92 Å². The highest BCUT2D eigenvalue weighted by Crippen LogP contribution is 2.28. The number of nitrogens with zero attached hydrogens (tertiary/aromatic N) is 2. The van der Waals surface area contributed by atoms with Crippen LogP contribution in [-0.4, -0.2) is 80.8 Å². The van der Waals surface area contributed by atoms with Crippen molar-refractivity contribution in [1.29, 1.82) is 0 Å². The van der Waals surface area contributed by atoms with E-state index in [1.54, 1.807) is 4.90 Å². The monoisotopic (exact) mass is 484 g/mol. The summed E-state index contributed by atoms with van der Waals surface area (Å²) in [4.78, 5) is 28.7. The van der Waals surface area contributed by atoms with E-state index in [0.29, 0.717) is 39.0 Å². The van der Waals surface area contributed by atoms with Crippen LogP contribution in [0.2, 0.25) is 0 Å². The molecule has 0 N–H and O–H groups in total. The number of hydrogen-bond acceptors (Lipinski definition) is 7. The number of amides is 1. The van der Waals surface area contributed by atoms with Gasteiger partial charge in [0.05, 0.1) is 17.5 Å². The standard InChI is InChI=1S/C23H33FN2O6S/c1-23(2,3)32-22(28)26-11-9-25(10-12-26)19-7-5-16(13-20(19)27)15-31-21-8-6-17(14-18(21)24)33(4,29)30/h6,8,14,16,19H,5,7,9-13,15H2,1-4H3/t16-,19-/m1/s1. The van der Waals surface area contributed by atoms with E-state index in [-0.39, 0.29) is 41.1 Å². The van der Waals surface area contributed by atoms with Gasteiger partial charge < -0.3 is 14.4 Å². The molecule has 1 aromatic carbocycles. The molecule has 8 nitrogen and oxygen atoms in total. The van der Waals surface area contributed by atoms with Crippen LogP contribution in [0.3, 0.4) is 0 Å². The van der Waals surface area contributed by atoms with Gasteiger partial charge in [0.25, 0.3) is 0 Å². The van der Waals surface area contributed by atoms with E-state index in [2.05, 4.69) is 4.90 Å². The Labute approximate surface area is 194 Å². The van der Waals surface area contributed by atoms with Gasteiger partial charge >= 0.3 is 6.09 Å². The molecule has 0 radical (unpaired) electrons. The Hall–Kier alpha value is -2.20. The fourth-order valence-corrected chi connectivity index (χ4v) is 4.82. The number of rotatable bonds is 5. The quantitative estimate of drug-likeness (QED) is 0.634. The lowest BCUT2D eigenvalue weighted by molar-refractivity contribution is -0.128. The summed E-state index contributed by atoms with van der Waals surface area (Å²) < 4.78 is 48.2. The average Bonchev–Trinajstić information content (AvgIpc) is 2.71. The van der Waals surface area contributed by atoms with Gasteiger partial charge in [-0.25, -0.2) is 17.6 Å². The van der Waals surface area contributed by atoms with Gasteiger partial charge in [-0.3, -0.25) is 9.69 Å². The van der Waals surface area contributed by atoms with E-state index in [0.717, 1.165) is 18.7 Å². The van der Waals surface area contributed by atoms with E-state index in [4.69, 9.17) is 9.47 Å². The van der Waals surface area contributed by atoms with Crippen molar-refractivity contribution >= 4 is 21.7 Å². The Morgan fingerprint density at radius 3 is 2.36 bits per heavy atom. The summed E-state index contributed by atoms with van der Waals surface area (Å²) in [6.07, 6.45) is 2.50. The fraction of sp³-hybridized carbons (Fsp3) is 0.652. The maximum Gasteiger partial charge on any atom is 0.410 e. The third-order valence-electron chi connectivity index (χ3n) is 5.92. The molecule has 0 spiro atoms. The summed E-state index contributed by atoms with van der Waals surface area (Å²) in [5, 5.41) is 0. The molecule has 184 valence electrons. The molecule has 1 heterocycles. The summed E-state index contributed by atoms with van der Waals surface area (Å²) in [6, 6.07) is 3.40. The highest BCUT2D eigenvalue weighted by Gasteiger charge is 2.35. The second-order valence-corrected chi connectivity index (χ2v) is 11.8. The molecular weight excluding hydrogens is 451 g/mol. The summed E-state index contributed by atoms with van der Waals surface area (Å²) in [7, 11) is -3.49. The largest absolute Gasteiger partial charge is 0.490 e. The number of piperazine rings is 1. The zero-order chi connectivity index (χ0) is 24.4. The van der Waals surface area contributed by atoms with Crippen molar-refractivity contribution in [2.45, 2.75) is 56.6 Å². The van der Waals surface area contributed by atoms with Crippen molar-refractivity contribution in [1.82, 2.24) is 9.80 Å².